The number of hydrogen-bond acceptors (Lipinski definition) is 5. The Kier molecular flexibility index (Phi) is 3.79. The third-order valence-corrected chi connectivity index (χ3v) is 2.71. The van der Waals surface area contributed by atoms with Crippen LogP contribution in [0.5, 0.6) is 0 Å². The summed E-state index contributed by atoms with van der Waals surface area (Å²) in [4.78, 5) is 10.1. The van der Waals surface area contributed by atoms with E-state index in [0.29, 0.717) is 23.0 Å². The Morgan fingerprint density at radius 3 is 2.75 bits per heavy atom. The van der Waals surface area contributed by atoms with Gasteiger partial charge in [-0.2, -0.15) is 0 Å². The SMILES string of the molecule is Cc1cc(/C(N)=N/O)nc(N(C)c2cccc(F)c2)n1. The number of oxime groups is 1. The molecule has 2 rings (SSSR count). The lowest BCUT2D eigenvalue weighted by Crippen LogP contribution is -2.20. The zero-order valence-corrected chi connectivity index (χ0v) is 11.1. The summed E-state index contributed by atoms with van der Waals surface area (Å²) < 4.78 is 13.2. The highest BCUT2D eigenvalue weighted by molar-refractivity contribution is 5.95. The van der Waals surface area contributed by atoms with Crippen molar-refractivity contribution >= 4 is 17.5 Å². The second-order valence-corrected chi connectivity index (χ2v) is 4.22. The average molecular weight is 275 g/mol. The Morgan fingerprint density at radius 2 is 2.10 bits per heavy atom. The molecule has 0 atom stereocenters. The Morgan fingerprint density at radius 1 is 1.35 bits per heavy atom. The summed E-state index contributed by atoms with van der Waals surface area (Å²) >= 11 is 0. The highest BCUT2D eigenvalue weighted by atomic mass is 19.1. The van der Waals surface area contributed by atoms with Gasteiger partial charge in [-0.1, -0.05) is 11.2 Å². The van der Waals surface area contributed by atoms with Crippen LogP contribution in [0.1, 0.15) is 11.4 Å². The van der Waals surface area contributed by atoms with E-state index in [4.69, 9.17) is 10.9 Å². The molecule has 0 aliphatic heterocycles. The van der Waals surface area contributed by atoms with E-state index in [1.807, 2.05) is 0 Å². The molecule has 0 fully saturated rings. The highest BCUT2D eigenvalue weighted by Gasteiger charge is 2.12. The lowest BCUT2D eigenvalue weighted by molar-refractivity contribution is 0.318. The van der Waals surface area contributed by atoms with E-state index in [2.05, 4.69) is 15.1 Å². The van der Waals surface area contributed by atoms with Gasteiger partial charge in [0.05, 0.1) is 0 Å². The second kappa shape index (κ2) is 5.52. The number of hydrogen-bond donors (Lipinski definition) is 2. The predicted octanol–water partition coefficient (Wildman–Crippen LogP) is 1.79. The Bertz CT molecular complexity index is 659. The minimum atomic E-state index is -0.348. The Balaban J connectivity index is 2.44. The molecule has 1 heterocycles. The van der Waals surface area contributed by atoms with E-state index in [-0.39, 0.29) is 11.7 Å². The van der Waals surface area contributed by atoms with Gasteiger partial charge >= 0.3 is 0 Å². The first-order valence-electron chi connectivity index (χ1n) is 5.84. The molecule has 0 radical (unpaired) electrons. The van der Waals surface area contributed by atoms with Crippen molar-refractivity contribution in [2.45, 2.75) is 6.92 Å². The Labute approximate surface area is 115 Å². The summed E-state index contributed by atoms with van der Waals surface area (Å²) in [7, 11) is 1.71. The van der Waals surface area contributed by atoms with E-state index in [1.165, 1.54) is 12.1 Å². The molecule has 1 aromatic carbocycles. The lowest BCUT2D eigenvalue weighted by atomic mass is 10.3. The molecule has 0 bridgehead atoms. The molecule has 3 N–H and O–H groups in total. The van der Waals surface area contributed by atoms with Crippen molar-refractivity contribution in [3.63, 3.8) is 0 Å². The second-order valence-electron chi connectivity index (χ2n) is 4.22. The maximum Gasteiger partial charge on any atom is 0.230 e. The van der Waals surface area contributed by atoms with Crippen LogP contribution in [0.3, 0.4) is 0 Å². The highest BCUT2D eigenvalue weighted by Crippen LogP contribution is 2.21. The molecular weight excluding hydrogens is 261 g/mol. The fourth-order valence-corrected chi connectivity index (χ4v) is 1.69. The monoisotopic (exact) mass is 275 g/mol. The number of benzene rings is 1. The third kappa shape index (κ3) is 2.82. The van der Waals surface area contributed by atoms with E-state index < -0.39 is 0 Å². The van der Waals surface area contributed by atoms with Gasteiger partial charge in [-0.05, 0) is 31.2 Å². The molecule has 20 heavy (non-hydrogen) atoms. The predicted molar refractivity (Wildman–Crippen MR) is 73.7 cm³/mol. The minimum absolute atomic E-state index is 0.107. The smallest absolute Gasteiger partial charge is 0.230 e. The molecule has 0 aliphatic rings. The lowest BCUT2D eigenvalue weighted by Gasteiger charge is -2.18. The number of halogens is 1. The van der Waals surface area contributed by atoms with E-state index in [1.54, 1.807) is 37.1 Å². The number of aromatic nitrogens is 2. The number of rotatable bonds is 3. The van der Waals surface area contributed by atoms with Crippen molar-refractivity contribution in [2.24, 2.45) is 10.9 Å². The number of aryl methyl sites for hydroxylation is 1. The van der Waals surface area contributed by atoms with Crippen LogP contribution in [-0.2, 0) is 0 Å². The summed E-state index contributed by atoms with van der Waals surface area (Å²) in [5.74, 6) is -0.125. The van der Waals surface area contributed by atoms with Crippen molar-refractivity contribution in [2.75, 3.05) is 11.9 Å². The van der Waals surface area contributed by atoms with Gasteiger partial charge in [0.25, 0.3) is 0 Å². The van der Waals surface area contributed by atoms with Crippen molar-refractivity contribution in [1.29, 1.82) is 0 Å². The summed E-state index contributed by atoms with van der Waals surface area (Å²) in [5, 5.41) is 11.6. The van der Waals surface area contributed by atoms with Crippen LogP contribution in [0, 0.1) is 12.7 Å². The maximum absolute atomic E-state index is 13.2. The van der Waals surface area contributed by atoms with Gasteiger partial charge in [-0.3, -0.25) is 0 Å². The topological polar surface area (TPSA) is 87.6 Å². The fourth-order valence-electron chi connectivity index (χ4n) is 1.69. The van der Waals surface area contributed by atoms with Crippen LogP contribution in [0.4, 0.5) is 16.0 Å². The van der Waals surface area contributed by atoms with Crippen molar-refractivity contribution in [3.05, 3.63) is 47.5 Å². The summed E-state index contributed by atoms with van der Waals surface area (Å²) in [5.41, 5.74) is 7.08. The average Bonchev–Trinajstić information content (AvgIpc) is 2.45. The van der Waals surface area contributed by atoms with Gasteiger partial charge in [-0.15, -0.1) is 0 Å². The Hall–Kier alpha value is -2.70. The summed E-state index contributed by atoms with van der Waals surface area (Å²) in [6, 6.07) is 7.66. The van der Waals surface area contributed by atoms with Gasteiger partial charge in [0.15, 0.2) is 5.84 Å². The number of anilines is 2. The molecule has 0 saturated heterocycles. The zero-order valence-electron chi connectivity index (χ0n) is 11.1. The quantitative estimate of drug-likeness (QED) is 0.386. The largest absolute Gasteiger partial charge is 0.409 e. The molecular formula is C13H14FN5O. The number of nitrogens with two attached hydrogens (primary N) is 1. The van der Waals surface area contributed by atoms with Crippen LogP contribution in [-0.4, -0.2) is 28.1 Å². The van der Waals surface area contributed by atoms with E-state index >= 15 is 0 Å². The fraction of sp³-hybridized carbons (Fsp3) is 0.154. The molecule has 6 nitrogen and oxygen atoms in total. The van der Waals surface area contributed by atoms with Crippen LogP contribution < -0.4 is 10.6 Å². The molecule has 1 aromatic heterocycles. The molecule has 0 amide bonds. The molecule has 104 valence electrons. The van der Waals surface area contributed by atoms with Crippen LogP contribution >= 0.6 is 0 Å². The van der Waals surface area contributed by atoms with Gasteiger partial charge < -0.3 is 15.8 Å². The summed E-state index contributed by atoms with van der Waals surface area (Å²) in [6.45, 7) is 1.76. The van der Waals surface area contributed by atoms with Gasteiger partial charge in [0, 0.05) is 18.4 Å². The maximum atomic E-state index is 13.2. The van der Waals surface area contributed by atoms with Gasteiger partial charge in [0.2, 0.25) is 5.95 Å². The van der Waals surface area contributed by atoms with Gasteiger partial charge in [0.1, 0.15) is 11.5 Å². The van der Waals surface area contributed by atoms with Gasteiger partial charge in [-0.25, -0.2) is 14.4 Å². The van der Waals surface area contributed by atoms with Crippen molar-refractivity contribution in [3.8, 4) is 0 Å². The molecule has 2 aromatic rings. The van der Waals surface area contributed by atoms with Crippen molar-refractivity contribution in [1.82, 2.24) is 9.97 Å². The normalized spacial score (nSPS) is 11.4. The van der Waals surface area contributed by atoms with E-state index in [0.717, 1.165) is 0 Å². The zero-order chi connectivity index (χ0) is 14.7. The standard InChI is InChI=1S/C13H14FN5O/c1-8-6-11(12(15)18-20)17-13(16-8)19(2)10-5-3-4-9(14)7-10/h3-7,20H,1-2H3,(H2,15,18). The number of nitrogens with zero attached hydrogens (tertiary/aromatic N) is 4. The molecule has 7 heteroatoms. The van der Waals surface area contributed by atoms with Crippen LogP contribution in [0.2, 0.25) is 0 Å². The van der Waals surface area contributed by atoms with Crippen LogP contribution in [0.25, 0.3) is 0 Å². The van der Waals surface area contributed by atoms with Crippen molar-refractivity contribution < 1.29 is 9.60 Å². The minimum Gasteiger partial charge on any atom is -0.409 e. The molecule has 0 saturated carbocycles. The molecule has 0 unspecified atom stereocenters. The first-order chi connectivity index (χ1) is 9.51. The van der Waals surface area contributed by atoms with Crippen LogP contribution in [0.15, 0.2) is 35.5 Å². The van der Waals surface area contributed by atoms with E-state index in [9.17, 15) is 4.39 Å². The first kappa shape index (κ1) is 13.7. The molecule has 0 aliphatic carbocycles. The third-order valence-electron chi connectivity index (χ3n) is 2.71. The first-order valence-corrected chi connectivity index (χ1v) is 5.84. The molecule has 0 spiro atoms. The number of amidine groups is 1. The summed E-state index contributed by atoms with van der Waals surface area (Å²) in [6.07, 6.45) is 0.